The molecule has 162 valence electrons. The minimum atomic E-state index is -0.772. The lowest BCUT2D eigenvalue weighted by atomic mass is 10.0. The Labute approximate surface area is 177 Å². The van der Waals surface area contributed by atoms with Crippen LogP contribution in [0.2, 0.25) is 0 Å². The molecule has 0 spiro atoms. The van der Waals surface area contributed by atoms with Gasteiger partial charge >= 0.3 is 12.1 Å². The zero-order chi connectivity index (χ0) is 21.9. The number of esters is 1. The van der Waals surface area contributed by atoms with Gasteiger partial charge in [-0.15, -0.1) is 0 Å². The van der Waals surface area contributed by atoms with Crippen LogP contribution in [0.1, 0.15) is 52.1 Å². The molecule has 1 rings (SSSR count). The zero-order valence-corrected chi connectivity index (χ0v) is 18.6. The number of rotatable bonds is 10. The van der Waals surface area contributed by atoms with Crippen LogP contribution in [0, 0.1) is 0 Å². The Bertz CT molecular complexity index is 661. The highest BCUT2D eigenvalue weighted by molar-refractivity contribution is 7.98. The smallest absolute Gasteiger partial charge is 0.408 e. The molecule has 0 heterocycles. The van der Waals surface area contributed by atoms with E-state index in [1.807, 2.05) is 36.6 Å². The van der Waals surface area contributed by atoms with E-state index in [9.17, 15) is 14.4 Å². The maximum absolute atomic E-state index is 12.9. The number of ether oxygens (including phenoxy) is 2. The Morgan fingerprint density at radius 3 is 2.31 bits per heavy atom. The quantitative estimate of drug-likeness (QED) is 0.559. The fraction of sp³-hybridized carbons (Fsp3) is 0.571. The van der Waals surface area contributed by atoms with Gasteiger partial charge in [0.2, 0.25) is 5.91 Å². The maximum Gasteiger partial charge on any atom is 0.408 e. The van der Waals surface area contributed by atoms with E-state index in [0.717, 1.165) is 5.56 Å². The predicted molar refractivity (Wildman–Crippen MR) is 115 cm³/mol. The Balaban J connectivity index is 2.92. The summed E-state index contributed by atoms with van der Waals surface area (Å²) in [5.74, 6) is -0.0904. The summed E-state index contributed by atoms with van der Waals surface area (Å²) in [6.45, 7) is 7.28. The molecule has 2 amide bonds. The average molecular weight is 425 g/mol. The lowest BCUT2D eigenvalue weighted by Gasteiger charge is -2.25. The largest absolute Gasteiger partial charge is 0.466 e. The van der Waals surface area contributed by atoms with Crippen LogP contribution in [0.5, 0.6) is 0 Å². The molecule has 29 heavy (non-hydrogen) atoms. The number of amides is 2. The fourth-order valence-electron chi connectivity index (χ4n) is 2.55. The van der Waals surface area contributed by atoms with Crippen molar-refractivity contribution in [2.24, 2.45) is 0 Å². The molecule has 0 aliphatic heterocycles. The van der Waals surface area contributed by atoms with Crippen LogP contribution in [0.4, 0.5) is 4.79 Å². The zero-order valence-electron chi connectivity index (χ0n) is 17.8. The Morgan fingerprint density at radius 1 is 1.10 bits per heavy atom. The first-order chi connectivity index (χ1) is 13.7. The summed E-state index contributed by atoms with van der Waals surface area (Å²) >= 11 is 1.57. The van der Waals surface area contributed by atoms with Crippen molar-refractivity contribution in [2.75, 3.05) is 18.6 Å². The van der Waals surface area contributed by atoms with E-state index in [1.54, 1.807) is 39.5 Å². The van der Waals surface area contributed by atoms with E-state index in [0.29, 0.717) is 12.2 Å². The molecule has 0 aliphatic carbocycles. The summed E-state index contributed by atoms with van der Waals surface area (Å²) in [5.41, 5.74) is 0.121. The van der Waals surface area contributed by atoms with Crippen LogP contribution in [0.15, 0.2) is 30.3 Å². The number of nitrogens with one attached hydrogen (secondary N) is 2. The molecule has 1 aromatic rings. The topological polar surface area (TPSA) is 93.7 Å². The van der Waals surface area contributed by atoms with Gasteiger partial charge in [-0.3, -0.25) is 9.59 Å². The van der Waals surface area contributed by atoms with Gasteiger partial charge in [0, 0.05) is 0 Å². The van der Waals surface area contributed by atoms with Gasteiger partial charge in [-0.25, -0.2) is 4.79 Å². The summed E-state index contributed by atoms with van der Waals surface area (Å²) in [5, 5.41) is 5.52. The summed E-state index contributed by atoms with van der Waals surface area (Å²) < 4.78 is 10.3. The van der Waals surface area contributed by atoms with E-state index in [4.69, 9.17) is 9.47 Å². The van der Waals surface area contributed by atoms with Gasteiger partial charge in [-0.05, 0) is 51.7 Å². The third-order valence-corrected chi connectivity index (χ3v) is 4.46. The summed E-state index contributed by atoms with van der Waals surface area (Å²) in [6, 6.07) is 7.88. The maximum atomic E-state index is 12.9. The standard InChI is InChI=1S/C21H32N2O5S/c1-6-27-18(24)14-17(15-10-8-7-9-11-15)22-19(25)16(12-13-29-5)23-20(26)28-21(2,3)4/h7-11,16-17H,6,12-14H2,1-5H3,(H,22,25)(H,23,26). The van der Waals surface area contributed by atoms with Crippen LogP contribution >= 0.6 is 11.8 Å². The lowest BCUT2D eigenvalue weighted by molar-refractivity contribution is -0.143. The van der Waals surface area contributed by atoms with Gasteiger partial charge in [0.15, 0.2) is 0 Å². The molecule has 8 heteroatoms. The minimum Gasteiger partial charge on any atom is -0.466 e. The monoisotopic (exact) mass is 424 g/mol. The van der Waals surface area contributed by atoms with Crippen molar-refractivity contribution in [3.63, 3.8) is 0 Å². The molecule has 0 saturated heterocycles. The van der Waals surface area contributed by atoms with Crippen molar-refractivity contribution in [3.05, 3.63) is 35.9 Å². The van der Waals surface area contributed by atoms with Crippen LogP contribution in [0.25, 0.3) is 0 Å². The highest BCUT2D eigenvalue weighted by atomic mass is 32.2. The van der Waals surface area contributed by atoms with Crippen LogP contribution in [0.3, 0.4) is 0 Å². The number of hydrogen-bond acceptors (Lipinski definition) is 6. The minimum absolute atomic E-state index is 0.00524. The van der Waals surface area contributed by atoms with E-state index in [-0.39, 0.29) is 18.9 Å². The summed E-state index contributed by atoms with van der Waals surface area (Å²) in [7, 11) is 0. The van der Waals surface area contributed by atoms with Gasteiger partial charge in [0.05, 0.1) is 19.1 Å². The number of carbonyl (C=O) groups is 3. The van der Waals surface area contributed by atoms with Crippen molar-refractivity contribution >= 4 is 29.7 Å². The van der Waals surface area contributed by atoms with E-state index in [2.05, 4.69) is 10.6 Å². The first-order valence-electron chi connectivity index (χ1n) is 9.65. The van der Waals surface area contributed by atoms with Crippen molar-refractivity contribution in [1.82, 2.24) is 10.6 Å². The van der Waals surface area contributed by atoms with E-state index < -0.39 is 29.7 Å². The first-order valence-corrected chi connectivity index (χ1v) is 11.0. The second-order valence-corrected chi connectivity index (χ2v) is 8.45. The van der Waals surface area contributed by atoms with Gasteiger partial charge in [-0.2, -0.15) is 11.8 Å². The molecule has 0 aliphatic rings. The van der Waals surface area contributed by atoms with Gasteiger partial charge in [0.25, 0.3) is 0 Å². The second kappa shape index (κ2) is 12.4. The molecule has 1 aromatic carbocycles. The Hall–Kier alpha value is -2.22. The SMILES string of the molecule is CCOC(=O)CC(NC(=O)C(CCSC)NC(=O)OC(C)(C)C)c1ccccc1. The molecule has 2 atom stereocenters. The number of carbonyl (C=O) groups excluding carboxylic acids is 3. The van der Waals surface area contributed by atoms with Crippen LogP contribution in [-0.2, 0) is 19.1 Å². The second-order valence-electron chi connectivity index (χ2n) is 7.46. The van der Waals surface area contributed by atoms with Gasteiger partial charge in [-0.1, -0.05) is 30.3 Å². The summed E-state index contributed by atoms with van der Waals surface area (Å²) in [4.78, 5) is 37.1. The van der Waals surface area contributed by atoms with E-state index >= 15 is 0 Å². The predicted octanol–water partition coefficient (Wildman–Crippen LogP) is 3.44. The number of benzene rings is 1. The number of alkyl carbamates (subject to hydrolysis) is 1. The molecule has 2 unspecified atom stereocenters. The van der Waals surface area contributed by atoms with Crippen molar-refractivity contribution in [1.29, 1.82) is 0 Å². The Kier molecular flexibility index (Phi) is 10.6. The van der Waals surface area contributed by atoms with Crippen molar-refractivity contribution in [2.45, 2.75) is 58.2 Å². The molecular weight excluding hydrogens is 392 g/mol. The molecule has 2 N–H and O–H groups in total. The molecular formula is C21H32N2O5S. The third-order valence-electron chi connectivity index (χ3n) is 3.81. The summed E-state index contributed by atoms with van der Waals surface area (Å²) in [6.07, 6.45) is 1.72. The Morgan fingerprint density at radius 2 is 1.76 bits per heavy atom. The first kappa shape index (κ1) is 24.8. The van der Waals surface area contributed by atoms with Gasteiger partial charge < -0.3 is 20.1 Å². The number of hydrogen-bond donors (Lipinski definition) is 2. The molecule has 0 fully saturated rings. The average Bonchev–Trinajstić information content (AvgIpc) is 2.64. The molecule has 0 radical (unpaired) electrons. The van der Waals surface area contributed by atoms with Crippen LogP contribution < -0.4 is 10.6 Å². The fourth-order valence-corrected chi connectivity index (χ4v) is 3.02. The van der Waals surface area contributed by atoms with E-state index in [1.165, 1.54) is 0 Å². The normalized spacial score (nSPS) is 13.1. The third kappa shape index (κ3) is 10.2. The van der Waals surface area contributed by atoms with Crippen molar-refractivity contribution < 1.29 is 23.9 Å². The van der Waals surface area contributed by atoms with Crippen LogP contribution in [-0.4, -0.2) is 48.2 Å². The highest BCUT2D eigenvalue weighted by Crippen LogP contribution is 2.18. The lowest BCUT2D eigenvalue weighted by Crippen LogP contribution is -2.49. The van der Waals surface area contributed by atoms with Gasteiger partial charge in [0.1, 0.15) is 11.6 Å². The molecule has 0 saturated carbocycles. The molecule has 7 nitrogen and oxygen atoms in total. The number of thioether (sulfide) groups is 1. The highest BCUT2D eigenvalue weighted by Gasteiger charge is 2.27. The van der Waals surface area contributed by atoms with Crippen molar-refractivity contribution in [3.8, 4) is 0 Å². The molecule has 0 aromatic heterocycles. The molecule has 0 bridgehead atoms.